The second-order valence-electron chi connectivity index (χ2n) is 7.40. The molecule has 0 fully saturated rings. The molecule has 2 aromatic carbocycles. The molecule has 0 radical (unpaired) electrons. The van der Waals surface area contributed by atoms with Crippen molar-refractivity contribution < 1.29 is 4.79 Å². The first-order valence-corrected chi connectivity index (χ1v) is 9.07. The van der Waals surface area contributed by atoms with Gasteiger partial charge in [0.15, 0.2) is 0 Å². The molecule has 7 heteroatoms. The average Bonchev–Trinajstić information content (AvgIpc) is 2.60. The first-order chi connectivity index (χ1) is 12.6. The van der Waals surface area contributed by atoms with Crippen molar-refractivity contribution >= 4 is 28.9 Å². The van der Waals surface area contributed by atoms with Crippen LogP contribution in [-0.4, -0.2) is 11.4 Å². The Kier molecular flexibility index (Phi) is 6.07. The Morgan fingerprint density at radius 1 is 1.26 bits per heavy atom. The number of nitriles is 1. The molecule has 0 aliphatic heterocycles. The van der Waals surface area contributed by atoms with Gasteiger partial charge in [-0.1, -0.05) is 24.6 Å². The largest absolute Gasteiger partial charge is 0.375 e. The number of hydrogen-bond donors (Lipinski definition) is 1. The first kappa shape index (κ1) is 20.7. The number of amides is 1. The molecule has 0 aliphatic carbocycles. The molecule has 0 saturated carbocycles. The molecule has 1 N–H and O–H groups in total. The van der Waals surface area contributed by atoms with Crippen LogP contribution in [0, 0.1) is 11.3 Å². The van der Waals surface area contributed by atoms with Gasteiger partial charge in [0.1, 0.15) is 11.4 Å². The zero-order valence-electron chi connectivity index (χ0n) is 15.9. The maximum atomic E-state index is 12.7. The number of nitrogens with zero attached hydrogens (tertiary/aromatic N) is 2. The van der Waals surface area contributed by atoms with Crippen molar-refractivity contribution in [2.75, 3.05) is 10.2 Å². The van der Waals surface area contributed by atoms with E-state index in [9.17, 15) is 14.4 Å². The van der Waals surface area contributed by atoms with Crippen molar-refractivity contribution in [3.63, 3.8) is 0 Å². The van der Waals surface area contributed by atoms with Crippen LogP contribution in [0.4, 0.5) is 11.4 Å². The number of anilines is 2. The van der Waals surface area contributed by atoms with E-state index in [-0.39, 0.29) is 30.2 Å². The molecule has 0 aliphatic rings. The van der Waals surface area contributed by atoms with Crippen LogP contribution in [0.1, 0.15) is 51.7 Å². The highest BCUT2D eigenvalue weighted by molar-refractivity contribution is 6.31. The topological polar surface area (TPSA) is 90.3 Å². The van der Waals surface area contributed by atoms with Crippen molar-refractivity contribution in [1.82, 2.24) is 0 Å². The lowest BCUT2D eigenvalue weighted by Crippen LogP contribution is -2.47. The molecule has 0 saturated heterocycles. The third kappa shape index (κ3) is 4.55. The van der Waals surface area contributed by atoms with Crippen LogP contribution in [0.25, 0.3) is 0 Å². The van der Waals surface area contributed by atoms with E-state index >= 15 is 0 Å². The number of hydrogen-bond acceptors (Lipinski definition) is 5. The Morgan fingerprint density at radius 2 is 1.93 bits per heavy atom. The number of nitrogens with one attached hydrogen (secondary N) is 1. The zero-order chi connectivity index (χ0) is 20.4. The van der Waals surface area contributed by atoms with Gasteiger partial charge in [0, 0.05) is 17.0 Å². The van der Waals surface area contributed by atoms with Gasteiger partial charge < -0.3 is 10.2 Å². The summed E-state index contributed by atoms with van der Waals surface area (Å²) < 4.78 is 0. The summed E-state index contributed by atoms with van der Waals surface area (Å²) in [5.41, 5.74) is -0.524. The van der Waals surface area contributed by atoms with Crippen LogP contribution in [0.2, 0.25) is 5.02 Å². The molecule has 0 spiro atoms. The molecule has 2 aromatic rings. The Hall–Kier alpha value is -2.65. The molecule has 0 heterocycles. The molecular formula is C20H22ClN3O3. The molecule has 2 rings (SSSR count). The fraction of sp³-hybridized carbons (Fsp3) is 0.400. The lowest BCUT2D eigenvalue weighted by Gasteiger charge is -2.30. The molecule has 27 heavy (non-hydrogen) atoms. The zero-order valence-corrected chi connectivity index (χ0v) is 16.6. The molecule has 6 nitrogen and oxygen atoms in total. The van der Waals surface area contributed by atoms with E-state index in [4.69, 9.17) is 16.9 Å². The second kappa shape index (κ2) is 7.93. The van der Waals surface area contributed by atoms with Gasteiger partial charge in [-0.2, -0.15) is 5.26 Å². The van der Waals surface area contributed by atoms with Gasteiger partial charge in [0.2, 0.25) is 5.91 Å². The maximum absolute atomic E-state index is 12.7. The van der Waals surface area contributed by atoms with Gasteiger partial charge in [-0.3, -0.25) is 14.4 Å². The van der Waals surface area contributed by atoms with Crippen LogP contribution in [0.3, 0.4) is 0 Å². The normalized spacial score (nSPS) is 11.3. The van der Waals surface area contributed by atoms with Crippen LogP contribution in [0.15, 0.2) is 27.8 Å². The van der Waals surface area contributed by atoms with E-state index in [1.807, 2.05) is 33.8 Å². The van der Waals surface area contributed by atoms with Crippen molar-refractivity contribution in [3.8, 4) is 6.07 Å². The lowest BCUT2D eigenvalue weighted by atomic mass is 10.0. The molecule has 0 bridgehead atoms. The Morgan fingerprint density at radius 3 is 2.44 bits per heavy atom. The fourth-order valence-electron chi connectivity index (χ4n) is 2.68. The Labute approximate surface area is 163 Å². The maximum Gasteiger partial charge on any atom is 0.253 e. The summed E-state index contributed by atoms with van der Waals surface area (Å²) >= 11 is 6.24. The van der Waals surface area contributed by atoms with Crippen molar-refractivity contribution in [3.05, 3.63) is 54.8 Å². The highest BCUT2D eigenvalue weighted by Crippen LogP contribution is 2.28. The van der Waals surface area contributed by atoms with E-state index in [0.717, 1.165) is 0 Å². The SMILES string of the molecule is CCCC(=O)N(Cc1ccc(C#N)cc1Cl)c1c(NC(C)(C)C)c(=O)c1=O. The fourth-order valence-corrected chi connectivity index (χ4v) is 2.92. The van der Waals surface area contributed by atoms with Gasteiger partial charge in [0.05, 0.1) is 18.2 Å². The van der Waals surface area contributed by atoms with E-state index in [2.05, 4.69) is 5.32 Å². The van der Waals surface area contributed by atoms with Crippen LogP contribution in [-0.2, 0) is 11.3 Å². The predicted molar refractivity (Wildman–Crippen MR) is 107 cm³/mol. The van der Waals surface area contributed by atoms with Gasteiger partial charge in [0.25, 0.3) is 10.9 Å². The summed E-state index contributed by atoms with van der Waals surface area (Å²) in [6, 6.07) is 6.75. The van der Waals surface area contributed by atoms with Crippen molar-refractivity contribution in [2.24, 2.45) is 0 Å². The summed E-state index contributed by atoms with van der Waals surface area (Å²) in [6.07, 6.45) is 0.843. The molecule has 0 aromatic heterocycles. The van der Waals surface area contributed by atoms with Crippen LogP contribution in [0.5, 0.6) is 0 Å². The molecule has 1 amide bonds. The number of rotatable bonds is 6. The third-order valence-corrected chi connectivity index (χ3v) is 4.28. The Bertz CT molecular complexity index is 976. The summed E-state index contributed by atoms with van der Waals surface area (Å²) in [4.78, 5) is 38.3. The van der Waals surface area contributed by atoms with Crippen LogP contribution < -0.4 is 21.1 Å². The minimum atomic E-state index is -0.684. The van der Waals surface area contributed by atoms with Crippen molar-refractivity contribution in [2.45, 2.75) is 52.6 Å². The quantitative estimate of drug-likeness (QED) is 0.767. The Balaban J connectivity index is 2.47. The number of benzene rings is 1. The van der Waals surface area contributed by atoms with E-state index in [1.165, 1.54) is 11.0 Å². The summed E-state index contributed by atoms with van der Waals surface area (Å²) in [5.74, 6) is -0.262. The highest BCUT2D eigenvalue weighted by Gasteiger charge is 2.31. The standard InChI is InChI=1S/C20H22ClN3O3/c1-5-6-15(25)24(11-13-8-7-12(10-22)9-14(13)21)17-16(18(26)19(17)27)23-20(2,3)4/h7-9,23H,5-6,11H2,1-4H3. The predicted octanol–water partition coefficient (Wildman–Crippen LogP) is 3.35. The third-order valence-electron chi connectivity index (χ3n) is 3.93. The van der Waals surface area contributed by atoms with Gasteiger partial charge in [-0.05, 0) is 44.9 Å². The second-order valence-corrected chi connectivity index (χ2v) is 7.81. The van der Waals surface area contributed by atoms with E-state index < -0.39 is 16.4 Å². The van der Waals surface area contributed by atoms with Crippen molar-refractivity contribution in [1.29, 1.82) is 5.26 Å². The molecular weight excluding hydrogens is 366 g/mol. The molecule has 142 valence electrons. The number of halogens is 1. The first-order valence-electron chi connectivity index (χ1n) is 8.69. The summed E-state index contributed by atoms with van der Waals surface area (Å²) in [7, 11) is 0. The van der Waals surface area contributed by atoms with Gasteiger partial charge in [-0.25, -0.2) is 0 Å². The number of carbonyl (C=O) groups is 1. The molecule has 0 atom stereocenters. The van der Waals surface area contributed by atoms with E-state index in [0.29, 0.717) is 22.6 Å². The highest BCUT2D eigenvalue weighted by atomic mass is 35.5. The summed E-state index contributed by atoms with van der Waals surface area (Å²) in [5, 5.41) is 12.3. The smallest absolute Gasteiger partial charge is 0.253 e. The monoisotopic (exact) mass is 387 g/mol. The van der Waals surface area contributed by atoms with Gasteiger partial charge >= 0.3 is 0 Å². The minimum Gasteiger partial charge on any atom is -0.375 e. The van der Waals surface area contributed by atoms with Gasteiger partial charge in [-0.15, -0.1) is 0 Å². The number of carbonyl (C=O) groups excluding carboxylic acids is 1. The van der Waals surface area contributed by atoms with E-state index in [1.54, 1.807) is 12.1 Å². The van der Waals surface area contributed by atoms with Crippen LogP contribution >= 0.6 is 11.6 Å². The molecule has 0 unspecified atom stereocenters. The lowest BCUT2D eigenvalue weighted by molar-refractivity contribution is -0.118. The average molecular weight is 388 g/mol. The summed E-state index contributed by atoms with van der Waals surface area (Å²) in [6.45, 7) is 7.50. The minimum absolute atomic E-state index is 0.0487.